The summed E-state index contributed by atoms with van der Waals surface area (Å²) in [5, 5.41) is 8.13. The summed E-state index contributed by atoms with van der Waals surface area (Å²) in [6, 6.07) is 0. The van der Waals surface area contributed by atoms with Crippen LogP contribution in [0.2, 0.25) is 0 Å². The number of aliphatic carboxylic acids is 1. The first-order valence-electron chi connectivity index (χ1n) is 2.41. The standard InChI is InChI=1S/C6H7BrO2/c7-5-3-1-2-4-6(8)9/h1-3,5H,4H2,(H,8,9)/b2-1-,5-3+. The van der Waals surface area contributed by atoms with E-state index in [4.69, 9.17) is 5.11 Å². The molecule has 0 fully saturated rings. The van der Waals surface area contributed by atoms with Gasteiger partial charge in [-0.2, -0.15) is 0 Å². The number of carbonyl (C=O) groups is 1. The molecule has 0 rings (SSSR count). The number of rotatable bonds is 3. The molecule has 1 N–H and O–H groups in total. The summed E-state index contributed by atoms with van der Waals surface area (Å²) in [6.45, 7) is 0. The largest absolute Gasteiger partial charge is 0.481 e. The maximum atomic E-state index is 9.88. The van der Waals surface area contributed by atoms with Crippen LogP contribution in [0.3, 0.4) is 0 Å². The molecule has 0 aromatic carbocycles. The summed E-state index contributed by atoms with van der Waals surface area (Å²) in [5.74, 6) is -0.811. The van der Waals surface area contributed by atoms with Crippen LogP contribution in [0.15, 0.2) is 23.2 Å². The van der Waals surface area contributed by atoms with E-state index in [9.17, 15) is 4.79 Å². The fourth-order valence-corrected chi connectivity index (χ4v) is 0.466. The van der Waals surface area contributed by atoms with Crippen molar-refractivity contribution in [3.05, 3.63) is 23.2 Å². The van der Waals surface area contributed by atoms with Gasteiger partial charge >= 0.3 is 5.97 Å². The third-order valence-corrected chi connectivity index (χ3v) is 0.918. The first kappa shape index (κ1) is 8.43. The van der Waals surface area contributed by atoms with Gasteiger partial charge in [0.25, 0.3) is 0 Å². The van der Waals surface area contributed by atoms with Crippen molar-refractivity contribution in [2.75, 3.05) is 0 Å². The normalized spacial score (nSPS) is 11.2. The number of halogens is 1. The minimum atomic E-state index is -0.811. The van der Waals surface area contributed by atoms with Crippen molar-refractivity contribution in [3.8, 4) is 0 Å². The van der Waals surface area contributed by atoms with Crippen LogP contribution >= 0.6 is 15.9 Å². The second-order valence-corrected chi connectivity index (χ2v) is 1.87. The molecule has 9 heavy (non-hydrogen) atoms. The van der Waals surface area contributed by atoms with Crippen molar-refractivity contribution in [3.63, 3.8) is 0 Å². The van der Waals surface area contributed by atoms with Crippen LogP contribution in [0, 0.1) is 0 Å². The first-order valence-corrected chi connectivity index (χ1v) is 3.32. The maximum Gasteiger partial charge on any atom is 0.307 e. The Labute approximate surface area is 62.0 Å². The number of allylic oxidation sites excluding steroid dienone is 2. The Kier molecular flexibility index (Phi) is 5.21. The molecular formula is C6H7BrO2. The van der Waals surface area contributed by atoms with Crippen LogP contribution in [0.5, 0.6) is 0 Å². The lowest BCUT2D eigenvalue weighted by Crippen LogP contribution is -1.89. The number of carboxylic acid groups (broad SMARTS) is 1. The molecule has 0 heterocycles. The maximum absolute atomic E-state index is 9.88. The molecule has 0 aliphatic heterocycles. The summed E-state index contributed by atoms with van der Waals surface area (Å²) in [7, 11) is 0. The van der Waals surface area contributed by atoms with Gasteiger partial charge in [0.15, 0.2) is 0 Å². The summed E-state index contributed by atoms with van der Waals surface area (Å²) in [5.41, 5.74) is 0. The summed E-state index contributed by atoms with van der Waals surface area (Å²) >= 11 is 3.04. The molecule has 0 aliphatic carbocycles. The van der Waals surface area contributed by atoms with Gasteiger partial charge in [-0.1, -0.05) is 34.2 Å². The van der Waals surface area contributed by atoms with Gasteiger partial charge in [0.2, 0.25) is 0 Å². The number of carboxylic acids is 1. The van der Waals surface area contributed by atoms with E-state index in [2.05, 4.69) is 15.9 Å². The van der Waals surface area contributed by atoms with Gasteiger partial charge in [-0.25, -0.2) is 0 Å². The molecule has 0 atom stereocenters. The third kappa shape index (κ3) is 7.43. The van der Waals surface area contributed by atoms with E-state index in [1.165, 1.54) is 0 Å². The highest BCUT2D eigenvalue weighted by atomic mass is 79.9. The fourth-order valence-electron chi connectivity index (χ4n) is 0.289. The van der Waals surface area contributed by atoms with Gasteiger partial charge in [-0.05, 0) is 4.99 Å². The highest BCUT2D eigenvalue weighted by molar-refractivity contribution is 9.11. The third-order valence-electron chi connectivity index (χ3n) is 0.612. The van der Waals surface area contributed by atoms with Gasteiger partial charge in [0.1, 0.15) is 0 Å². The fraction of sp³-hybridized carbons (Fsp3) is 0.167. The zero-order chi connectivity index (χ0) is 7.11. The second-order valence-electron chi connectivity index (χ2n) is 1.34. The van der Waals surface area contributed by atoms with Crippen molar-refractivity contribution in [1.82, 2.24) is 0 Å². The van der Waals surface area contributed by atoms with E-state index in [1.807, 2.05) is 0 Å². The number of hydrogen-bond acceptors (Lipinski definition) is 1. The van der Waals surface area contributed by atoms with E-state index in [0.717, 1.165) is 0 Å². The Bertz CT molecular complexity index is 138. The average molecular weight is 191 g/mol. The Hall–Kier alpha value is -0.570. The average Bonchev–Trinajstić information content (AvgIpc) is 1.80. The Morgan fingerprint density at radius 2 is 2.22 bits per heavy atom. The summed E-state index contributed by atoms with van der Waals surface area (Å²) < 4.78 is 0. The molecule has 0 amide bonds. The zero-order valence-corrected chi connectivity index (χ0v) is 6.34. The molecule has 0 spiro atoms. The first-order chi connectivity index (χ1) is 4.27. The Morgan fingerprint density at radius 1 is 1.56 bits per heavy atom. The molecule has 50 valence electrons. The van der Waals surface area contributed by atoms with Gasteiger partial charge in [0.05, 0.1) is 6.42 Å². The topological polar surface area (TPSA) is 37.3 Å². The van der Waals surface area contributed by atoms with E-state index in [-0.39, 0.29) is 6.42 Å². The van der Waals surface area contributed by atoms with Crippen molar-refractivity contribution in [1.29, 1.82) is 0 Å². The lowest BCUT2D eigenvalue weighted by Gasteiger charge is -1.78. The predicted molar refractivity (Wildman–Crippen MR) is 39.5 cm³/mol. The van der Waals surface area contributed by atoms with E-state index in [1.54, 1.807) is 23.2 Å². The lowest BCUT2D eigenvalue weighted by molar-refractivity contribution is -0.135. The van der Waals surface area contributed by atoms with Crippen LogP contribution in [-0.4, -0.2) is 11.1 Å². The van der Waals surface area contributed by atoms with Crippen molar-refractivity contribution >= 4 is 21.9 Å². The molecule has 3 heteroatoms. The molecule has 2 nitrogen and oxygen atoms in total. The number of hydrogen-bond donors (Lipinski definition) is 1. The van der Waals surface area contributed by atoms with Gasteiger partial charge in [-0.15, -0.1) is 0 Å². The molecule has 0 aromatic heterocycles. The van der Waals surface area contributed by atoms with E-state index < -0.39 is 5.97 Å². The highest BCUT2D eigenvalue weighted by Crippen LogP contribution is 1.86. The smallest absolute Gasteiger partial charge is 0.307 e. The van der Waals surface area contributed by atoms with Gasteiger partial charge in [-0.3, -0.25) is 4.79 Å². The molecule has 0 bridgehead atoms. The summed E-state index contributed by atoms with van der Waals surface area (Å²) in [6.07, 6.45) is 5.03. The molecule has 0 aliphatic rings. The quantitative estimate of drug-likeness (QED) is 0.692. The molecule has 0 saturated heterocycles. The van der Waals surface area contributed by atoms with Gasteiger partial charge in [0, 0.05) is 0 Å². The molecular weight excluding hydrogens is 184 g/mol. The molecule has 0 unspecified atom stereocenters. The van der Waals surface area contributed by atoms with Gasteiger partial charge < -0.3 is 5.11 Å². The summed E-state index contributed by atoms with van der Waals surface area (Å²) in [4.78, 5) is 11.5. The van der Waals surface area contributed by atoms with Crippen LogP contribution in [0.25, 0.3) is 0 Å². The zero-order valence-electron chi connectivity index (χ0n) is 4.75. The Balaban J connectivity index is 3.36. The molecule has 0 aromatic rings. The van der Waals surface area contributed by atoms with Crippen molar-refractivity contribution in [2.45, 2.75) is 6.42 Å². The minimum Gasteiger partial charge on any atom is -0.481 e. The van der Waals surface area contributed by atoms with Crippen molar-refractivity contribution < 1.29 is 9.90 Å². The van der Waals surface area contributed by atoms with Crippen LogP contribution in [0.1, 0.15) is 6.42 Å². The monoisotopic (exact) mass is 190 g/mol. The van der Waals surface area contributed by atoms with E-state index >= 15 is 0 Å². The molecule has 0 radical (unpaired) electrons. The van der Waals surface area contributed by atoms with E-state index in [0.29, 0.717) is 0 Å². The van der Waals surface area contributed by atoms with Crippen LogP contribution < -0.4 is 0 Å². The predicted octanol–water partition coefficient (Wildman–Crippen LogP) is 1.93. The SMILES string of the molecule is O=C(O)C/C=C\C=C\Br. The van der Waals surface area contributed by atoms with Crippen molar-refractivity contribution in [2.24, 2.45) is 0 Å². The lowest BCUT2D eigenvalue weighted by atomic mass is 10.4. The minimum absolute atomic E-state index is 0.0807. The van der Waals surface area contributed by atoms with Crippen LogP contribution in [0.4, 0.5) is 0 Å². The van der Waals surface area contributed by atoms with Crippen LogP contribution in [-0.2, 0) is 4.79 Å². The highest BCUT2D eigenvalue weighted by Gasteiger charge is 1.86. The molecule has 0 saturated carbocycles. The Morgan fingerprint density at radius 3 is 2.67 bits per heavy atom. The second kappa shape index (κ2) is 5.56.